The van der Waals surface area contributed by atoms with Crippen LogP contribution in [0.3, 0.4) is 0 Å². The lowest BCUT2D eigenvalue weighted by Gasteiger charge is -2.28. The van der Waals surface area contributed by atoms with Crippen LogP contribution in [0.1, 0.15) is 39.0 Å². The molecule has 19 heavy (non-hydrogen) atoms. The highest BCUT2D eigenvalue weighted by atomic mass is 16.5. The van der Waals surface area contributed by atoms with Crippen LogP contribution in [-0.4, -0.2) is 64.1 Å². The molecule has 0 aromatic heterocycles. The normalized spacial score (nSPS) is 22.1. The zero-order valence-electron chi connectivity index (χ0n) is 12.8. The predicted octanol–water partition coefficient (Wildman–Crippen LogP) is 1.89. The molecule has 1 fully saturated rings. The molecule has 0 aromatic rings. The Bertz CT molecular complexity index is 203. The highest BCUT2D eigenvalue weighted by Gasteiger charge is 2.12. The van der Waals surface area contributed by atoms with E-state index in [1.54, 1.807) is 7.11 Å². The largest absolute Gasteiger partial charge is 0.382 e. The van der Waals surface area contributed by atoms with Crippen LogP contribution in [-0.2, 0) is 9.47 Å². The molecule has 0 aromatic carbocycles. The summed E-state index contributed by atoms with van der Waals surface area (Å²) in [5.41, 5.74) is 0. The van der Waals surface area contributed by atoms with Crippen molar-refractivity contribution in [3.05, 3.63) is 0 Å². The minimum atomic E-state index is 0.706. The van der Waals surface area contributed by atoms with Gasteiger partial charge in [-0.25, -0.2) is 0 Å². The lowest BCUT2D eigenvalue weighted by molar-refractivity contribution is 0.0674. The average molecular weight is 272 g/mol. The Labute approximate surface area is 118 Å². The summed E-state index contributed by atoms with van der Waals surface area (Å²) in [6.45, 7) is 9.47. The Balaban J connectivity index is 2.01. The standard InChI is InChI=1S/C15H32N2O2/c1-3-15-7-11-17(10-6-8-16-15)9-4-5-12-19-14-13-18-2/h15-16H,3-14H2,1-2H3. The maximum Gasteiger partial charge on any atom is 0.0700 e. The molecule has 0 bridgehead atoms. The fourth-order valence-electron chi connectivity index (χ4n) is 2.52. The Morgan fingerprint density at radius 3 is 2.84 bits per heavy atom. The van der Waals surface area contributed by atoms with E-state index in [0.717, 1.165) is 25.7 Å². The van der Waals surface area contributed by atoms with Gasteiger partial charge in [0.25, 0.3) is 0 Å². The van der Waals surface area contributed by atoms with E-state index in [0.29, 0.717) is 6.61 Å². The molecular formula is C15H32N2O2. The van der Waals surface area contributed by atoms with Crippen molar-refractivity contribution in [3.8, 4) is 0 Å². The molecule has 1 rings (SSSR count). The quantitative estimate of drug-likeness (QED) is 0.650. The number of hydrogen-bond acceptors (Lipinski definition) is 4. The minimum Gasteiger partial charge on any atom is -0.382 e. The van der Waals surface area contributed by atoms with Gasteiger partial charge >= 0.3 is 0 Å². The molecule has 4 nitrogen and oxygen atoms in total. The SMILES string of the molecule is CCC1CCN(CCCCOCCOC)CCCN1. The summed E-state index contributed by atoms with van der Waals surface area (Å²) < 4.78 is 10.4. The van der Waals surface area contributed by atoms with E-state index in [9.17, 15) is 0 Å². The van der Waals surface area contributed by atoms with Crippen molar-refractivity contribution in [1.29, 1.82) is 0 Å². The van der Waals surface area contributed by atoms with Crippen molar-refractivity contribution < 1.29 is 9.47 Å². The van der Waals surface area contributed by atoms with Crippen molar-refractivity contribution >= 4 is 0 Å². The molecule has 0 spiro atoms. The summed E-state index contributed by atoms with van der Waals surface area (Å²) in [6, 6.07) is 0.722. The monoisotopic (exact) mass is 272 g/mol. The number of unbranched alkanes of at least 4 members (excludes halogenated alkanes) is 1. The van der Waals surface area contributed by atoms with Gasteiger partial charge in [-0.1, -0.05) is 6.92 Å². The van der Waals surface area contributed by atoms with Crippen molar-refractivity contribution in [3.63, 3.8) is 0 Å². The van der Waals surface area contributed by atoms with Crippen molar-refractivity contribution in [1.82, 2.24) is 10.2 Å². The third-order valence-corrected chi connectivity index (χ3v) is 3.82. The van der Waals surface area contributed by atoms with Gasteiger partial charge in [0.1, 0.15) is 0 Å². The number of nitrogens with zero attached hydrogens (tertiary/aromatic N) is 1. The van der Waals surface area contributed by atoms with E-state index in [1.165, 1.54) is 51.9 Å². The highest BCUT2D eigenvalue weighted by Crippen LogP contribution is 2.06. The van der Waals surface area contributed by atoms with Crippen molar-refractivity contribution in [2.75, 3.05) is 53.1 Å². The van der Waals surface area contributed by atoms with Gasteiger partial charge in [-0.05, 0) is 58.3 Å². The van der Waals surface area contributed by atoms with Crippen LogP contribution in [0.25, 0.3) is 0 Å². The first-order chi connectivity index (χ1) is 9.36. The molecule has 1 aliphatic rings. The summed E-state index contributed by atoms with van der Waals surface area (Å²) in [6.07, 6.45) is 6.23. The van der Waals surface area contributed by atoms with E-state index in [-0.39, 0.29) is 0 Å². The Kier molecular flexibility index (Phi) is 10.4. The highest BCUT2D eigenvalue weighted by molar-refractivity contribution is 4.72. The lowest BCUT2D eigenvalue weighted by atomic mass is 10.1. The van der Waals surface area contributed by atoms with E-state index in [4.69, 9.17) is 9.47 Å². The zero-order valence-corrected chi connectivity index (χ0v) is 12.8. The number of methoxy groups -OCH3 is 1. The summed E-state index contributed by atoms with van der Waals surface area (Å²) in [7, 11) is 1.71. The topological polar surface area (TPSA) is 33.7 Å². The van der Waals surface area contributed by atoms with Gasteiger partial charge in [0.05, 0.1) is 13.2 Å². The van der Waals surface area contributed by atoms with E-state index in [1.807, 2.05) is 0 Å². The maximum atomic E-state index is 5.49. The Hall–Kier alpha value is -0.160. The minimum absolute atomic E-state index is 0.706. The number of ether oxygens (including phenoxy) is 2. The van der Waals surface area contributed by atoms with E-state index in [2.05, 4.69) is 17.1 Å². The van der Waals surface area contributed by atoms with E-state index < -0.39 is 0 Å². The molecular weight excluding hydrogens is 240 g/mol. The molecule has 0 aliphatic carbocycles. The van der Waals surface area contributed by atoms with E-state index >= 15 is 0 Å². The molecule has 1 heterocycles. The third kappa shape index (κ3) is 8.58. The zero-order chi connectivity index (χ0) is 13.8. The van der Waals surface area contributed by atoms with Crippen LogP contribution in [0.2, 0.25) is 0 Å². The smallest absolute Gasteiger partial charge is 0.0700 e. The van der Waals surface area contributed by atoms with Crippen LogP contribution < -0.4 is 5.32 Å². The molecule has 1 aliphatic heterocycles. The predicted molar refractivity (Wildman–Crippen MR) is 79.7 cm³/mol. The van der Waals surface area contributed by atoms with Gasteiger partial charge in [0, 0.05) is 19.8 Å². The second-order valence-electron chi connectivity index (χ2n) is 5.36. The van der Waals surface area contributed by atoms with Crippen LogP contribution >= 0.6 is 0 Å². The molecule has 0 amide bonds. The summed E-state index contributed by atoms with van der Waals surface area (Å²) >= 11 is 0. The first kappa shape index (κ1) is 16.9. The molecule has 1 unspecified atom stereocenters. The van der Waals surface area contributed by atoms with Gasteiger partial charge in [-0.2, -0.15) is 0 Å². The Morgan fingerprint density at radius 2 is 2.05 bits per heavy atom. The first-order valence-electron chi connectivity index (χ1n) is 7.89. The molecule has 1 N–H and O–H groups in total. The molecule has 0 radical (unpaired) electrons. The summed E-state index contributed by atoms with van der Waals surface area (Å²) in [4.78, 5) is 2.62. The summed E-state index contributed by atoms with van der Waals surface area (Å²) in [5.74, 6) is 0. The van der Waals surface area contributed by atoms with Gasteiger partial charge in [-0.15, -0.1) is 0 Å². The number of nitrogens with one attached hydrogen (secondary N) is 1. The molecule has 1 saturated heterocycles. The van der Waals surface area contributed by atoms with Crippen molar-refractivity contribution in [2.24, 2.45) is 0 Å². The third-order valence-electron chi connectivity index (χ3n) is 3.82. The van der Waals surface area contributed by atoms with Crippen LogP contribution in [0.4, 0.5) is 0 Å². The molecule has 1 atom stereocenters. The molecule has 114 valence electrons. The van der Waals surface area contributed by atoms with Gasteiger partial charge in [-0.3, -0.25) is 0 Å². The molecule has 4 heteroatoms. The number of rotatable bonds is 9. The van der Waals surface area contributed by atoms with Crippen LogP contribution in [0.5, 0.6) is 0 Å². The van der Waals surface area contributed by atoms with Gasteiger partial charge < -0.3 is 19.7 Å². The lowest BCUT2D eigenvalue weighted by Crippen LogP contribution is -2.39. The maximum absolute atomic E-state index is 5.49. The fraction of sp³-hybridized carbons (Fsp3) is 1.00. The second kappa shape index (κ2) is 11.6. The Morgan fingerprint density at radius 1 is 1.16 bits per heavy atom. The van der Waals surface area contributed by atoms with Crippen LogP contribution in [0.15, 0.2) is 0 Å². The number of hydrogen-bond donors (Lipinski definition) is 1. The van der Waals surface area contributed by atoms with Crippen molar-refractivity contribution in [2.45, 2.75) is 45.1 Å². The molecule has 0 saturated carbocycles. The fourth-order valence-corrected chi connectivity index (χ4v) is 2.52. The summed E-state index contributed by atoms with van der Waals surface area (Å²) in [5, 5.41) is 3.63. The van der Waals surface area contributed by atoms with Gasteiger partial charge in [0.15, 0.2) is 0 Å². The first-order valence-corrected chi connectivity index (χ1v) is 7.89. The van der Waals surface area contributed by atoms with Gasteiger partial charge in [0.2, 0.25) is 0 Å². The van der Waals surface area contributed by atoms with Crippen LogP contribution in [0, 0.1) is 0 Å². The average Bonchev–Trinajstić information content (AvgIpc) is 2.40. The second-order valence-corrected chi connectivity index (χ2v) is 5.36.